The number of ketones is 1. The Morgan fingerprint density at radius 1 is 1.35 bits per heavy atom. The van der Waals surface area contributed by atoms with E-state index in [1.165, 1.54) is 11.8 Å². The van der Waals surface area contributed by atoms with Gasteiger partial charge in [-0.05, 0) is 32.4 Å². The average Bonchev–Trinajstić information content (AvgIpc) is 2.31. The van der Waals surface area contributed by atoms with Gasteiger partial charge in [0.15, 0.2) is 5.78 Å². The van der Waals surface area contributed by atoms with Crippen molar-refractivity contribution in [3.63, 3.8) is 0 Å². The lowest BCUT2D eigenvalue weighted by atomic mass is 10.0. The third-order valence-corrected chi connectivity index (χ3v) is 3.96. The second-order valence-corrected chi connectivity index (χ2v) is 6.24. The first-order valence-corrected chi connectivity index (χ1v) is 6.77. The molecule has 1 rings (SSSR count). The molecule has 3 heteroatoms. The fourth-order valence-corrected chi connectivity index (χ4v) is 2.71. The van der Waals surface area contributed by atoms with Crippen molar-refractivity contribution >= 4 is 17.5 Å². The molecular weight excluding hydrogens is 232 g/mol. The average molecular weight is 252 g/mol. The molecule has 1 N–H and O–H groups in total. The Hall–Kier alpha value is -0.800. The normalized spacial score (nSPS) is 14.4. The maximum absolute atomic E-state index is 12.3. The van der Waals surface area contributed by atoms with Crippen LogP contribution in [0.5, 0.6) is 0 Å². The summed E-state index contributed by atoms with van der Waals surface area (Å²) < 4.78 is 0. The van der Waals surface area contributed by atoms with E-state index in [0.717, 1.165) is 16.7 Å². The van der Waals surface area contributed by atoms with Gasteiger partial charge in [-0.2, -0.15) is 0 Å². The Morgan fingerprint density at radius 3 is 2.59 bits per heavy atom. The minimum absolute atomic E-state index is 0.0964. The van der Waals surface area contributed by atoms with Crippen LogP contribution < -0.4 is 0 Å². The molecule has 0 aliphatic rings. The van der Waals surface area contributed by atoms with Crippen molar-refractivity contribution in [3.8, 4) is 0 Å². The lowest BCUT2D eigenvalue weighted by molar-refractivity contribution is 0.0993. The molecule has 0 spiro atoms. The maximum atomic E-state index is 12.3. The smallest absolute Gasteiger partial charge is 0.175 e. The molecular formula is C14H20O2S. The Balaban J connectivity index is 2.85. The largest absolute Gasteiger partial charge is 0.395 e. The van der Waals surface area contributed by atoms with Crippen molar-refractivity contribution in [1.29, 1.82) is 0 Å². The standard InChI is InChI=1S/C14H20O2S/c1-9-5-6-10(2)13(7-9)14(16)12(4)17-11(3)8-15/h5-7,11-12,15H,8H2,1-4H3. The predicted octanol–water partition coefficient (Wildman–Crippen LogP) is 2.99. The fourth-order valence-electron chi connectivity index (χ4n) is 1.67. The van der Waals surface area contributed by atoms with Gasteiger partial charge in [-0.25, -0.2) is 0 Å². The van der Waals surface area contributed by atoms with E-state index in [9.17, 15) is 4.79 Å². The van der Waals surface area contributed by atoms with Gasteiger partial charge in [0.25, 0.3) is 0 Å². The van der Waals surface area contributed by atoms with E-state index < -0.39 is 0 Å². The van der Waals surface area contributed by atoms with E-state index in [0.29, 0.717) is 0 Å². The zero-order valence-corrected chi connectivity index (χ0v) is 11.7. The summed E-state index contributed by atoms with van der Waals surface area (Å²) in [6, 6.07) is 5.94. The van der Waals surface area contributed by atoms with Crippen LogP contribution in [0.3, 0.4) is 0 Å². The molecule has 0 aliphatic carbocycles. The van der Waals surface area contributed by atoms with Crippen molar-refractivity contribution in [2.75, 3.05) is 6.61 Å². The number of rotatable bonds is 5. The van der Waals surface area contributed by atoms with Crippen LogP contribution in [0.1, 0.15) is 35.3 Å². The SMILES string of the molecule is Cc1ccc(C)c(C(=O)C(C)SC(C)CO)c1. The number of carbonyl (C=O) groups is 1. The number of benzene rings is 1. The summed E-state index contributed by atoms with van der Waals surface area (Å²) in [4.78, 5) is 12.3. The highest BCUT2D eigenvalue weighted by atomic mass is 32.2. The molecule has 17 heavy (non-hydrogen) atoms. The molecule has 0 heterocycles. The highest BCUT2D eigenvalue weighted by molar-refractivity contribution is 8.01. The van der Waals surface area contributed by atoms with Crippen molar-refractivity contribution in [1.82, 2.24) is 0 Å². The van der Waals surface area contributed by atoms with Crippen molar-refractivity contribution in [3.05, 3.63) is 34.9 Å². The number of thioether (sulfide) groups is 1. The van der Waals surface area contributed by atoms with Crippen molar-refractivity contribution < 1.29 is 9.90 Å². The minimum Gasteiger partial charge on any atom is -0.395 e. The number of carbonyl (C=O) groups excluding carboxylic acids is 1. The molecule has 2 unspecified atom stereocenters. The second kappa shape index (κ2) is 6.22. The van der Waals surface area contributed by atoms with Crippen LogP contribution in [0, 0.1) is 13.8 Å². The number of hydrogen-bond donors (Lipinski definition) is 1. The van der Waals surface area contributed by atoms with Gasteiger partial charge in [-0.15, -0.1) is 11.8 Å². The van der Waals surface area contributed by atoms with E-state index in [4.69, 9.17) is 5.11 Å². The number of aryl methyl sites for hydroxylation is 2. The molecule has 0 radical (unpaired) electrons. The van der Waals surface area contributed by atoms with Gasteiger partial charge in [0.05, 0.1) is 11.9 Å². The molecule has 0 aromatic heterocycles. The first-order valence-electron chi connectivity index (χ1n) is 5.83. The minimum atomic E-state index is -0.113. The number of hydrogen-bond acceptors (Lipinski definition) is 3. The van der Waals surface area contributed by atoms with Gasteiger partial charge in [0.1, 0.15) is 0 Å². The molecule has 0 aliphatic heterocycles. The molecule has 2 atom stereocenters. The van der Waals surface area contributed by atoms with Crippen LogP contribution in [-0.2, 0) is 0 Å². The summed E-state index contributed by atoms with van der Waals surface area (Å²) in [5, 5.41) is 8.99. The molecule has 0 bridgehead atoms. The second-order valence-electron chi connectivity index (χ2n) is 4.45. The maximum Gasteiger partial charge on any atom is 0.175 e. The summed E-state index contributed by atoms with van der Waals surface area (Å²) in [6.07, 6.45) is 0. The van der Waals surface area contributed by atoms with Crippen LogP contribution in [0.2, 0.25) is 0 Å². The monoisotopic (exact) mass is 252 g/mol. The number of Topliss-reactive ketones (excluding diaryl/α,β-unsaturated/α-hetero) is 1. The van der Waals surface area contributed by atoms with Gasteiger partial charge in [0, 0.05) is 10.8 Å². The number of aliphatic hydroxyl groups is 1. The van der Waals surface area contributed by atoms with E-state index in [-0.39, 0.29) is 22.9 Å². The zero-order chi connectivity index (χ0) is 13.0. The molecule has 94 valence electrons. The number of aliphatic hydroxyl groups excluding tert-OH is 1. The first-order chi connectivity index (χ1) is 7.95. The summed E-state index contributed by atoms with van der Waals surface area (Å²) in [7, 11) is 0. The lowest BCUT2D eigenvalue weighted by Crippen LogP contribution is -2.19. The van der Waals surface area contributed by atoms with Crippen molar-refractivity contribution in [2.45, 2.75) is 38.2 Å². The Bertz CT molecular complexity index is 401. The quantitative estimate of drug-likeness (QED) is 0.819. The fraction of sp³-hybridized carbons (Fsp3) is 0.500. The van der Waals surface area contributed by atoms with E-state index in [2.05, 4.69) is 0 Å². The molecule has 1 aromatic rings. The van der Waals surface area contributed by atoms with Crippen LogP contribution in [0.15, 0.2) is 18.2 Å². The lowest BCUT2D eigenvalue weighted by Gasteiger charge is -2.15. The summed E-state index contributed by atoms with van der Waals surface area (Å²) >= 11 is 1.52. The molecule has 1 aromatic carbocycles. The van der Waals surface area contributed by atoms with E-state index in [1.807, 2.05) is 45.9 Å². The zero-order valence-electron chi connectivity index (χ0n) is 10.9. The van der Waals surface area contributed by atoms with E-state index in [1.54, 1.807) is 0 Å². The third-order valence-electron chi connectivity index (χ3n) is 2.72. The Kier molecular flexibility index (Phi) is 5.22. The summed E-state index contributed by atoms with van der Waals surface area (Å²) in [6.45, 7) is 7.89. The van der Waals surface area contributed by atoms with Gasteiger partial charge < -0.3 is 5.11 Å². The third kappa shape index (κ3) is 3.86. The molecule has 0 saturated heterocycles. The van der Waals surface area contributed by atoms with E-state index >= 15 is 0 Å². The Labute approximate surface area is 107 Å². The van der Waals surface area contributed by atoms with Gasteiger partial charge in [-0.1, -0.05) is 24.6 Å². The summed E-state index contributed by atoms with van der Waals surface area (Å²) in [5.41, 5.74) is 2.92. The van der Waals surface area contributed by atoms with Gasteiger partial charge in [-0.3, -0.25) is 4.79 Å². The summed E-state index contributed by atoms with van der Waals surface area (Å²) in [5.74, 6) is 0.150. The van der Waals surface area contributed by atoms with Gasteiger partial charge in [0.2, 0.25) is 0 Å². The molecule has 0 fully saturated rings. The molecule has 0 saturated carbocycles. The topological polar surface area (TPSA) is 37.3 Å². The van der Waals surface area contributed by atoms with Crippen molar-refractivity contribution in [2.24, 2.45) is 0 Å². The highest BCUT2D eigenvalue weighted by Crippen LogP contribution is 2.23. The first kappa shape index (κ1) is 14.3. The van der Waals surface area contributed by atoms with Crippen LogP contribution in [0.4, 0.5) is 0 Å². The van der Waals surface area contributed by atoms with Crippen LogP contribution in [-0.4, -0.2) is 28.0 Å². The highest BCUT2D eigenvalue weighted by Gasteiger charge is 2.19. The Morgan fingerprint density at radius 2 is 2.00 bits per heavy atom. The predicted molar refractivity (Wildman–Crippen MR) is 73.8 cm³/mol. The molecule has 2 nitrogen and oxygen atoms in total. The van der Waals surface area contributed by atoms with Crippen LogP contribution >= 0.6 is 11.8 Å². The van der Waals surface area contributed by atoms with Crippen LogP contribution in [0.25, 0.3) is 0 Å². The molecule has 0 amide bonds. The van der Waals surface area contributed by atoms with Gasteiger partial charge >= 0.3 is 0 Å².